The van der Waals surface area contributed by atoms with Crippen LogP contribution in [0.3, 0.4) is 0 Å². The summed E-state index contributed by atoms with van der Waals surface area (Å²) in [5, 5.41) is 19.8. The van der Waals surface area contributed by atoms with Gasteiger partial charge in [-0.25, -0.2) is 9.97 Å². The van der Waals surface area contributed by atoms with Crippen LogP contribution in [0.2, 0.25) is 0 Å². The molecule has 3 aromatic carbocycles. The van der Waals surface area contributed by atoms with Gasteiger partial charge >= 0.3 is 5.69 Å². The van der Waals surface area contributed by atoms with Gasteiger partial charge in [0.1, 0.15) is 6.33 Å². The van der Waals surface area contributed by atoms with Crippen LogP contribution < -0.4 is 10.6 Å². The van der Waals surface area contributed by atoms with E-state index in [-0.39, 0.29) is 23.1 Å². The number of rotatable bonds is 6. The van der Waals surface area contributed by atoms with Crippen molar-refractivity contribution < 1.29 is 9.72 Å². The topological polar surface area (TPSA) is 110 Å². The van der Waals surface area contributed by atoms with Crippen LogP contribution in [-0.2, 0) is 0 Å². The van der Waals surface area contributed by atoms with Crippen LogP contribution in [0.4, 0.5) is 28.7 Å². The second-order valence-electron chi connectivity index (χ2n) is 6.59. The number of nitro groups is 1. The van der Waals surface area contributed by atoms with Crippen LogP contribution in [0.15, 0.2) is 73.1 Å². The molecule has 1 heterocycles. The van der Waals surface area contributed by atoms with Gasteiger partial charge in [0.05, 0.1) is 4.92 Å². The Labute approximate surface area is 171 Å². The molecule has 0 saturated carbocycles. The predicted molar refractivity (Wildman–Crippen MR) is 116 cm³/mol. The molecule has 0 aliphatic rings. The van der Waals surface area contributed by atoms with Gasteiger partial charge in [-0.15, -0.1) is 0 Å². The first-order valence-corrected chi connectivity index (χ1v) is 9.15. The maximum Gasteiger partial charge on any atom is 0.353 e. The van der Waals surface area contributed by atoms with Crippen molar-refractivity contribution in [3.8, 4) is 0 Å². The van der Waals surface area contributed by atoms with E-state index in [9.17, 15) is 14.9 Å². The van der Waals surface area contributed by atoms with Crippen LogP contribution in [0, 0.1) is 10.1 Å². The third kappa shape index (κ3) is 3.79. The molecule has 0 amide bonds. The molecule has 0 bridgehead atoms. The molecule has 4 aromatic rings. The lowest BCUT2D eigenvalue weighted by Crippen LogP contribution is -2.06. The molecular weight excluding hydrogens is 382 g/mol. The molecule has 2 N–H and O–H groups in total. The van der Waals surface area contributed by atoms with E-state index < -0.39 is 4.92 Å². The van der Waals surface area contributed by atoms with Gasteiger partial charge in [-0.2, -0.15) is 0 Å². The van der Waals surface area contributed by atoms with Crippen LogP contribution >= 0.6 is 0 Å². The van der Waals surface area contributed by atoms with Crippen molar-refractivity contribution in [1.82, 2.24) is 9.97 Å². The van der Waals surface area contributed by atoms with Gasteiger partial charge < -0.3 is 10.6 Å². The average Bonchev–Trinajstić information content (AvgIpc) is 2.74. The summed E-state index contributed by atoms with van der Waals surface area (Å²) in [6.45, 7) is 1.48. The minimum absolute atomic E-state index is 0.0494. The number of nitrogens with zero attached hydrogens (tertiary/aromatic N) is 3. The highest BCUT2D eigenvalue weighted by Gasteiger charge is 2.23. The molecule has 0 radical (unpaired) electrons. The van der Waals surface area contributed by atoms with Crippen molar-refractivity contribution in [2.24, 2.45) is 0 Å². The van der Waals surface area contributed by atoms with Crippen molar-refractivity contribution >= 4 is 45.3 Å². The van der Waals surface area contributed by atoms with Crippen molar-refractivity contribution in [3.63, 3.8) is 0 Å². The molecule has 0 spiro atoms. The zero-order valence-corrected chi connectivity index (χ0v) is 16.0. The smallest absolute Gasteiger partial charge is 0.334 e. The van der Waals surface area contributed by atoms with Gasteiger partial charge in [0, 0.05) is 22.3 Å². The van der Waals surface area contributed by atoms with E-state index in [0.29, 0.717) is 16.9 Å². The molecule has 0 fully saturated rings. The first-order valence-electron chi connectivity index (χ1n) is 9.15. The summed E-state index contributed by atoms with van der Waals surface area (Å²) in [4.78, 5) is 30.9. The molecule has 0 aliphatic carbocycles. The zero-order valence-electron chi connectivity index (χ0n) is 16.0. The number of hydrogen-bond donors (Lipinski definition) is 2. The van der Waals surface area contributed by atoms with E-state index in [1.807, 2.05) is 42.5 Å². The summed E-state index contributed by atoms with van der Waals surface area (Å²) in [5.41, 5.74) is 1.54. The van der Waals surface area contributed by atoms with Crippen molar-refractivity contribution in [3.05, 3.63) is 88.7 Å². The largest absolute Gasteiger partial charge is 0.353 e. The normalized spacial score (nSPS) is 10.6. The number of carbonyl (C=O) groups is 1. The number of benzene rings is 3. The summed E-state index contributed by atoms with van der Waals surface area (Å²) < 4.78 is 0. The Morgan fingerprint density at radius 3 is 2.27 bits per heavy atom. The quantitative estimate of drug-likeness (QED) is 0.259. The fourth-order valence-electron chi connectivity index (χ4n) is 3.12. The minimum atomic E-state index is -0.528. The van der Waals surface area contributed by atoms with Crippen LogP contribution in [0.5, 0.6) is 0 Å². The van der Waals surface area contributed by atoms with E-state index in [1.165, 1.54) is 13.3 Å². The van der Waals surface area contributed by atoms with E-state index in [4.69, 9.17) is 0 Å². The number of fused-ring (bicyclic) bond motifs is 1. The van der Waals surface area contributed by atoms with Gasteiger partial charge in [-0.3, -0.25) is 14.9 Å². The van der Waals surface area contributed by atoms with Crippen LogP contribution in [0.25, 0.3) is 10.8 Å². The molecule has 8 heteroatoms. The summed E-state index contributed by atoms with van der Waals surface area (Å²) in [7, 11) is 0. The third-order valence-corrected chi connectivity index (χ3v) is 4.60. The molecule has 30 heavy (non-hydrogen) atoms. The number of aromatic nitrogens is 2. The Hall–Kier alpha value is -4.33. The fourth-order valence-corrected chi connectivity index (χ4v) is 3.12. The zero-order chi connectivity index (χ0) is 21.1. The van der Waals surface area contributed by atoms with Gasteiger partial charge in [0.2, 0.25) is 11.6 Å². The number of ketones is 1. The van der Waals surface area contributed by atoms with E-state index in [2.05, 4.69) is 20.6 Å². The molecule has 1 aromatic heterocycles. The van der Waals surface area contributed by atoms with Gasteiger partial charge in [0.25, 0.3) is 0 Å². The summed E-state index contributed by atoms with van der Waals surface area (Å²) in [5.74, 6) is 0.0682. The Morgan fingerprint density at radius 2 is 1.57 bits per heavy atom. The first-order chi connectivity index (χ1) is 14.5. The number of nitrogens with one attached hydrogen (secondary N) is 2. The van der Waals surface area contributed by atoms with Crippen molar-refractivity contribution in [2.75, 3.05) is 10.6 Å². The number of Topliss-reactive ketones (excluding diaryl/α,β-unsaturated/α-hetero) is 1. The second-order valence-corrected chi connectivity index (χ2v) is 6.59. The van der Waals surface area contributed by atoms with Crippen LogP contribution in [-0.4, -0.2) is 20.7 Å². The highest BCUT2D eigenvalue weighted by molar-refractivity contribution is 5.96. The third-order valence-electron chi connectivity index (χ3n) is 4.60. The van der Waals surface area contributed by atoms with Gasteiger partial charge in [-0.05, 0) is 42.6 Å². The highest BCUT2D eigenvalue weighted by atomic mass is 16.6. The van der Waals surface area contributed by atoms with Gasteiger partial charge in [0.15, 0.2) is 5.78 Å². The second kappa shape index (κ2) is 7.96. The SMILES string of the molecule is CC(=O)c1ccc(Nc2ncnc(Nc3cccc4ccccc34)c2[N+](=O)[O-])cc1. The summed E-state index contributed by atoms with van der Waals surface area (Å²) in [6.07, 6.45) is 1.26. The molecule has 0 atom stereocenters. The Morgan fingerprint density at radius 1 is 0.900 bits per heavy atom. The summed E-state index contributed by atoms with van der Waals surface area (Å²) >= 11 is 0. The maximum absolute atomic E-state index is 11.8. The standard InChI is InChI=1S/C22H17N5O3/c1-14(28)15-9-11-17(12-10-15)25-21-20(27(29)30)22(24-13-23-21)26-19-8-4-6-16-5-2-3-7-18(16)19/h2-13H,1H3,(H2,23,24,25,26). The number of hydrogen-bond acceptors (Lipinski definition) is 7. The molecule has 4 rings (SSSR count). The lowest BCUT2D eigenvalue weighted by molar-refractivity contribution is -0.383. The number of anilines is 4. The minimum Gasteiger partial charge on any atom is -0.334 e. The average molecular weight is 399 g/mol. The first kappa shape index (κ1) is 19.0. The Balaban J connectivity index is 1.71. The maximum atomic E-state index is 11.8. The Kier molecular flexibility index (Phi) is 5.04. The molecule has 0 unspecified atom stereocenters. The predicted octanol–water partition coefficient (Wildman–Crippen LogP) is 5.23. The monoisotopic (exact) mass is 399 g/mol. The molecular formula is C22H17N5O3. The molecule has 0 saturated heterocycles. The lowest BCUT2D eigenvalue weighted by atomic mass is 10.1. The van der Waals surface area contributed by atoms with E-state index >= 15 is 0 Å². The molecule has 0 aliphatic heterocycles. The van der Waals surface area contributed by atoms with Crippen molar-refractivity contribution in [1.29, 1.82) is 0 Å². The Bertz CT molecular complexity index is 1250. The van der Waals surface area contributed by atoms with Gasteiger partial charge in [-0.1, -0.05) is 36.4 Å². The summed E-state index contributed by atoms with van der Waals surface area (Å²) in [6, 6.07) is 20.0. The number of carbonyl (C=O) groups excluding carboxylic acids is 1. The fraction of sp³-hybridized carbons (Fsp3) is 0.0455. The van der Waals surface area contributed by atoms with E-state index in [0.717, 1.165) is 10.8 Å². The lowest BCUT2D eigenvalue weighted by Gasteiger charge is -2.12. The molecule has 148 valence electrons. The van der Waals surface area contributed by atoms with E-state index in [1.54, 1.807) is 24.3 Å². The highest BCUT2D eigenvalue weighted by Crippen LogP contribution is 2.34. The molecule has 8 nitrogen and oxygen atoms in total. The van der Waals surface area contributed by atoms with Crippen molar-refractivity contribution in [2.45, 2.75) is 6.92 Å². The van der Waals surface area contributed by atoms with Crippen LogP contribution in [0.1, 0.15) is 17.3 Å².